The molecule has 1 aromatic rings. The molecule has 1 rings (SSSR count). The Labute approximate surface area is 101 Å². The maximum Gasteiger partial charge on any atom is 0.314 e. The highest BCUT2D eigenvalue weighted by Gasteiger charge is 2.41. The van der Waals surface area contributed by atoms with E-state index in [0.29, 0.717) is 5.56 Å². The van der Waals surface area contributed by atoms with E-state index in [2.05, 4.69) is 0 Å². The number of methoxy groups -OCH3 is 1. The molecule has 1 aromatic carbocycles. The van der Waals surface area contributed by atoms with Crippen molar-refractivity contribution in [2.75, 3.05) is 7.11 Å². The number of phenolic OH excluding ortho intramolecular Hbond substituents is 1. The Morgan fingerprint density at radius 2 is 2.00 bits per heavy atom. The van der Waals surface area contributed by atoms with Gasteiger partial charge in [-0.2, -0.15) is 0 Å². The number of carboxylic acids is 1. The lowest BCUT2D eigenvalue weighted by Gasteiger charge is -2.30. The van der Waals surface area contributed by atoms with Crippen LogP contribution in [0.25, 0.3) is 0 Å². The molecule has 0 aliphatic rings. The topological polar surface area (TPSA) is 66.8 Å². The smallest absolute Gasteiger partial charge is 0.314 e. The zero-order valence-corrected chi connectivity index (χ0v) is 10.5. The molecule has 0 aliphatic carbocycles. The Morgan fingerprint density at radius 1 is 1.41 bits per heavy atom. The molecule has 0 saturated carbocycles. The SMILES string of the molecule is COc1cccc(C(C)(C(=O)O)C(C)C)c1O. The van der Waals surface area contributed by atoms with Crippen molar-refractivity contribution < 1.29 is 19.7 Å². The number of phenols is 1. The molecule has 0 heterocycles. The van der Waals surface area contributed by atoms with Crippen molar-refractivity contribution in [3.8, 4) is 11.5 Å². The standard InChI is InChI=1S/C13H18O4/c1-8(2)13(3,12(15)16)9-6-5-7-10(17-4)11(9)14/h5-8,14H,1-4H3,(H,15,16). The van der Waals surface area contributed by atoms with Crippen LogP contribution in [0.1, 0.15) is 26.3 Å². The maximum atomic E-state index is 11.5. The highest BCUT2D eigenvalue weighted by atomic mass is 16.5. The van der Waals surface area contributed by atoms with Crippen LogP contribution < -0.4 is 4.74 Å². The molecule has 0 saturated heterocycles. The summed E-state index contributed by atoms with van der Waals surface area (Å²) in [5.74, 6) is -0.932. The van der Waals surface area contributed by atoms with Crippen molar-refractivity contribution in [2.24, 2.45) is 5.92 Å². The molecular weight excluding hydrogens is 220 g/mol. The number of benzene rings is 1. The van der Waals surface area contributed by atoms with E-state index >= 15 is 0 Å². The number of ether oxygens (including phenoxy) is 1. The van der Waals surface area contributed by atoms with Crippen LogP contribution in [0.5, 0.6) is 11.5 Å². The van der Waals surface area contributed by atoms with Gasteiger partial charge in [0.25, 0.3) is 0 Å². The predicted octanol–water partition coefficient (Wildman–Crippen LogP) is 2.40. The number of para-hydroxylation sites is 1. The fourth-order valence-corrected chi connectivity index (χ4v) is 1.78. The fourth-order valence-electron chi connectivity index (χ4n) is 1.78. The van der Waals surface area contributed by atoms with Crippen LogP contribution in [0.4, 0.5) is 0 Å². The largest absolute Gasteiger partial charge is 0.504 e. The highest BCUT2D eigenvalue weighted by molar-refractivity contribution is 5.82. The summed E-state index contributed by atoms with van der Waals surface area (Å²) in [7, 11) is 1.44. The average Bonchev–Trinajstić information content (AvgIpc) is 2.27. The Bertz CT molecular complexity index is 425. The van der Waals surface area contributed by atoms with E-state index in [4.69, 9.17) is 4.74 Å². The first-order valence-corrected chi connectivity index (χ1v) is 5.45. The van der Waals surface area contributed by atoms with Crippen molar-refractivity contribution in [3.63, 3.8) is 0 Å². The van der Waals surface area contributed by atoms with E-state index in [1.54, 1.807) is 25.1 Å². The fraction of sp³-hybridized carbons (Fsp3) is 0.462. The van der Waals surface area contributed by atoms with Crippen molar-refractivity contribution in [2.45, 2.75) is 26.2 Å². The summed E-state index contributed by atoms with van der Waals surface area (Å²) in [4.78, 5) is 11.5. The molecule has 0 amide bonds. The molecule has 4 heteroatoms. The van der Waals surface area contributed by atoms with Crippen molar-refractivity contribution in [3.05, 3.63) is 23.8 Å². The van der Waals surface area contributed by atoms with Gasteiger partial charge < -0.3 is 14.9 Å². The molecule has 0 aromatic heterocycles. The average molecular weight is 238 g/mol. The first kappa shape index (κ1) is 13.4. The van der Waals surface area contributed by atoms with Crippen molar-refractivity contribution >= 4 is 5.97 Å². The van der Waals surface area contributed by atoms with Gasteiger partial charge in [-0.25, -0.2) is 0 Å². The second kappa shape index (κ2) is 4.65. The Balaban J connectivity index is 3.45. The Morgan fingerprint density at radius 3 is 2.41 bits per heavy atom. The molecule has 1 unspecified atom stereocenters. The van der Waals surface area contributed by atoms with E-state index in [9.17, 15) is 15.0 Å². The molecule has 0 radical (unpaired) electrons. The lowest BCUT2D eigenvalue weighted by Crippen LogP contribution is -2.37. The summed E-state index contributed by atoms with van der Waals surface area (Å²) in [5.41, 5.74) is -0.766. The maximum absolute atomic E-state index is 11.5. The third kappa shape index (κ3) is 2.07. The number of aliphatic carboxylic acids is 1. The van der Waals surface area contributed by atoms with Gasteiger partial charge in [-0.3, -0.25) is 4.79 Å². The molecule has 0 aliphatic heterocycles. The molecule has 0 bridgehead atoms. The van der Waals surface area contributed by atoms with Gasteiger partial charge in [0.2, 0.25) is 0 Å². The van der Waals surface area contributed by atoms with Gasteiger partial charge in [0.15, 0.2) is 11.5 Å². The quantitative estimate of drug-likeness (QED) is 0.845. The van der Waals surface area contributed by atoms with Gasteiger partial charge in [-0.1, -0.05) is 26.0 Å². The minimum atomic E-state index is -1.14. The van der Waals surface area contributed by atoms with E-state index in [-0.39, 0.29) is 17.4 Å². The molecule has 17 heavy (non-hydrogen) atoms. The van der Waals surface area contributed by atoms with E-state index < -0.39 is 11.4 Å². The van der Waals surface area contributed by atoms with E-state index in [0.717, 1.165) is 0 Å². The van der Waals surface area contributed by atoms with Crippen LogP contribution >= 0.6 is 0 Å². The monoisotopic (exact) mass is 238 g/mol. The summed E-state index contributed by atoms with van der Waals surface area (Å²) >= 11 is 0. The Hall–Kier alpha value is -1.71. The summed E-state index contributed by atoms with van der Waals surface area (Å²) in [6.45, 7) is 5.23. The number of hydrogen-bond donors (Lipinski definition) is 2. The first-order chi connectivity index (χ1) is 7.85. The minimum absolute atomic E-state index is 0.103. The van der Waals surface area contributed by atoms with Crippen LogP contribution in [0.2, 0.25) is 0 Å². The zero-order valence-electron chi connectivity index (χ0n) is 10.5. The number of carboxylic acid groups (broad SMARTS) is 1. The van der Waals surface area contributed by atoms with Gasteiger partial charge in [-0.05, 0) is 18.9 Å². The van der Waals surface area contributed by atoms with Gasteiger partial charge >= 0.3 is 5.97 Å². The van der Waals surface area contributed by atoms with Gasteiger partial charge in [0, 0.05) is 5.56 Å². The van der Waals surface area contributed by atoms with Crippen LogP contribution in [0.15, 0.2) is 18.2 Å². The van der Waals surface area contributed by atoms with E-state index in [1.165, 1.54) is 7.11 Å². The molecule has 2 N–H and O–H groups in total. The van der Waals surface area contributed by atoms with Gasteiger partial charge in [-0.15, -0.1) is 0 Å². The van der Waals surface area contributed by atoms with Crippen molar-refractivity contribution in [1.29, 1.82) is 0 Å². The minimum Gasteiger partial charge on any atom is -0.504 e. The Kier molecular flexibility index (Phi) is 3.66. The predicted molar refractivity (Wildman–Crippen MR) is 64.5 cm³/mol. The first-order valence-electron chi connectivity index (χ1n) is 5.45. The number of aromatic hydroxyl groups is 1. The van der Waals surface area contributed by atoms with Gasteiger partial charge in [0.1, 0.15) is 0 Å². The number of carbonyl (C=O) groups is 1. The number of hydrogen-bond acceptors (Lipinski definition) is 3. The lowest BCUT2D eigenvalue weighted by atomic mass is 9.73. The van der Waals surface area contributed by atoms with Crippen LogP contribution in [0, 0.1) is 5.92 Å². The van der Waals surface area contributed by atoms with E-state index in [1.807, 2.05) is 13.8 Å². The molecule has 0 spiro atoms. The molecule has 4 nitrogen and oxygen atoms in total. The van der Waals surface area contributed by atoms with Gasteiger partial charge in [0.05, 0.1) is 12.5 Å². The molecular formula is C13H18O4. The van der Waals surface area contributed by atoms with Crippen molar-refractivity contribution in [1.82, 2.24) is 0 Å². The molecule has 0 fully saturated rings. The number of rotatable bonds is 4. The summed E-state index contributed by atoms with van der Waals surface area (Å²) in [6, 6.07) is 4.89. The zero-order chi connectivity index (χ0) is 13.2. The summed E-state index contributed by atoms with van der Waals surface area (Å²) in [6.07, 6.45) is 0. The second-order valence-corrected chi connectivity index (χ2v) is 4.52. The normalized spacial score (nSPS) is 14.4. The molecule has 94 valence electrons. The summed E-state index contributed by atoms with van der Waals surface area (Å²) in [5, 5.41) is 19.4. The van der Waals surface area contributed by atoms with Crippen LogP contribution in [-0.2, 0) is 10.2 Å². The third-order valence-corrected chi connectivity index (χ3v) is 3.38. The highest BCUT2D eigenvalue weighted by Crippen LogP contribution is 2.41. The van der Waals surface area contributed by atoms with Crippen LogP contribution in [-0.4, -0.2) is 23.3 Å². The summed E-state index contributed by atoms with van der Waals surface area (Å²) < 4.78 is 5.00. The molecule has 1 atom stereocenters. The lowest BCUT2D eigenvalue weighted by molar-refractivity contribution is -0.145. The third-order valence-electron chi connectivity index (χ3n) is 3.38. The van der Waals surface area contributed by atoms with Crippen LogP contribution in [0.3, 0.4) is 0 Å². The second-order valence-electron chi connectivity index (χ2n) is 4.52.